The number of piperazine rings is 1. The van der Waals surface area contributed by atoms with Crippen molar-refractivity contribution in [1.29, 1.82) is 0 Å². The summed E-state index contributed by atoms with van der Waals surface area (Å²) < 4.78 is 11.2. The highest BCUT2D eigenvalue weighted by molar-refractivity contribution is 6.32. The second-order valence-corrected chi connectivity index (χ2v) is 9.72. The van der Waals surface area contributed by atoms with Gasteiger partial charge in [-0.25, -0.2) is 9.59 Å². The summed E-state index contributed by atoms with van der Waals surface area (Å²) in [6.45, 7) is 9.48. The molecular formula is C27H32ClN3O4. The monoisotopic (exact) mass is 497 g/mol. The molecule has 1 aliphatic heterocycles. The van der Waals surface area contributed by atoms with Gasteiger partial charge in [-0.15, -0.1) is 0 Å². The number of rotatable bonds is 4. The lowest BCUT2D eigenvalue weighted by molar-refractivity contribution is 0.0169. The Morgan fingerprint density at radius 2 is 1.71 bits per heavy atom. The normalized spacial score (nSPS) is 14.4. The van der Waals surface area contributed by atoms with Gasteiger partial charge < -0.3 is 24.6 Å². The average molecular weight is 498 g/mol. The summed E-state index contributed by atoms with van der Waals surface area (Å²) in [6, 6.07) is 14.7. The van der Waals surface area contributed by atoms with Crippen LogP contribution >= 0.6 is 11.6 Å². The van der Waals surface area contributed by atoms with Crippen LogP contribution in [-0.2, 0) is 11.3 Å². The van der Waals surface area contributed by atoms with E-state index in [-0.39, 0.29) is 18.2 Å². The Balaban J connectivity index is 1.47. The molecule has 0 radical (unpaired) electrons. The zero-order valence-corrected chi connectivity index (χ0v) is 21.4. The van der Waals surface area contributed by atoms with Gasteiger partial charge in [0.25, 0.3) is 0 Å². The van der Waals surface area contributed by atoms with E-state index in [1.165, 1.54) is 0 Å². The van der Waals surface area contributed by atoms with E-state index in [1.54, 1.807) is 21.9 Å². The van der Waals surface area contributed by atoms with Crippen LogP contribution in [0.2, 0.25) is 5.02 Å². The zero-order chi connectivity index (χ0) is 25.4. The van der Waals surface area contributed by atoms with Crippen molar-refractivity contribution in [1.82, 2.24) is 15.1 Å². The van der Waals surface area contributed by atoms with Crippen LogP contribution in [0.4, 0.5) is 9.59 Å². The van der Waals surface area contributed by atoms with Crippen molar-refractivity contribution < 1.29 is 19.1 Å². The van der Waals surface area contributed by atoms with Gasteiger partial charge in [0.05, 0.1) is 11.1 Å². The summed E-state index contributed by atoms with van der Waals surface area (Å²) in [6.07, 6.45) is -0.355. The first-order valence-corrected chi connectivity index (χ1v) is 12.0. The molecule has 1 heterocycles. The molecule has 2 aromatic rings. The van der Waals surface area contributed by atoms with Gasteiger partial charge in [-0.2, -0.15) is 0 Å². The fraction of sp³-hybridized carbons (Fsp3) is 0.407. The third-order valence-corrected chi connectivity index (χ3v) is 5.46. The molecule has 8 heteroatoms. The molecular weight excluding hydrogens is 466 g/mol. The molecule has 1 atom stereocenters. The van der Waals surface area contributed by atoms with E-state index < -0.39 is 5.60 Å². The van der Waals surface area contributed by atoms with Crippen molar-refractivity contribution in [2.75, 3.05) is 26.2 Å². The summed E-state index contributed by atoms with van der Waals surface area (Å²) in [5.41, 5.74) is 1.25. The molecule has 0 spiro atoms. The minimum atomic E-state index is -0.542. The summed E-state index contributed by atoms with van der Waals surface area (Å²) in [5, 5.41) is 3.37. The van der Waals surface area contributed by atoms with E-state index in [4.69, 9.17) is 21.1 Å². The molecule has 1 N–H and O–H groups in total. The highest BCUT2D eigenvalue weighted by atomic mass is 35.5. The van der Waals surface area contributed by atoms with Gasteiger partial charge in [-0.3, -0.25) is 0 Å². The lowest BCUT2D eigenvalue weighted by Crippen LogP contribution is -2.54. The largest absolute Gasteiger partial charge is 0.487 e. The van der Waals surface area contributed by atoms with Crippen LogP contribution in [0.5, 0.6) is 5.75 Å². The van der Waals surface area contributed by atoms with Crippen LogP contribution in [-0.4, -0.2) is 59.7 Å². The van der Waals surface area contributed by atoms with E-state index >= 15 is 0 Å². The Morgan fingerprint density at radius 1 is 1.06 bits per heavy atom. The van der Waals surface area contributed by atoms with E-state index in [9.17, 15) is 9.59 Å². The molecule has 35 heavy (non-hydrogen) atoms. The molecule has 3 rings (SSSR count). The van der Waals surface area contributed by atoms with Gasteiger partial charge in [0.15, 0.2) is 0 Å². The third-order valence-electron chi connectivity index (χ3n) is 5.16. The maximum atomic E-state index is 12.6. The molecule has 0 aromatic heterocycles. The minimum absolute atomic E-state index is 0.210. The molecule has 0 aliphatic carbocycles. The smallest absolute Gasteiger partial charge is 0.410 e. The quantitative estimate of drug-likeness (QED) is 0.608. The molecule has 1 fully saturated rings. The van der Waals surface area contributed by atoms with Crippen molar-refractivity contribution in [2.45, 2.75) is 45.9 Å². The number of hydrogen-bond donors (Lipinski definition) is 1. The topological polar surface area (TPSA) is 71.1 Å². The molecule has 0 saturated carbocycles. The first-order chi connectivity index (χ1) is 16.6. The van der Waals surface area contributed by atoms with Gasteiger partial charge in [0.2, 0.25) is 0 Å². The second-order valence-electron chi connectivity index (χ2n) is 9.31. The lowest BCUT2D eigenvalue weighted by Gasteiger charge is -2.35. The molecule has 3 amide bonds. The van der Waals surface area contributed by atoms with Crippen LogP contribution < -0.4 is 10.1 Å². The number of benzene rings is 2. The number of halogens is 1. The fourth-order valence-corrected chi connectivity index (χ4v) is 3.59. The molecule has 2 aromatic carbocycles. The van der Waals surface area contributed by atoms with Gasteiger partial charge in [-0.05, 0) is 51.5 Å². The fourth-order valence-electron chi connectivity index (χ4n) is 3.35. The SMILES string of the molecule is CC(C#Cc1ccc(OCc2ccccc2)c(Cl)c1)NC(=O)N1CCN(C(=O)OC(C)(C)C)CC1. The Morgan fingerprint density at radius 3 is 2.34 bits per heavy atom. The third kappa shape index (κ3) is 8.41. The number of hydrogen-bond acceptors (Lipinski definition) is 4. The zero-order valence-electron chi connectivity index (χ0n) is 20.6. The number of amides is 3. The molecule has 7 nitrogen and oxygen atoms in total. The number of carbonyl (C=O) groups is 2. The Hall–Kier alpha value is -3.37. The molecule has 186 valence electrons. The second kappa shape index (κ2) is 11.9. The predicted octanol–water partition coefficient (Wildman–Crippen LogP) is 4.92. The highest BCUT2D eigenvalue weighted by Gasteiger charge is 2.27. The average Bonchev–Trinajstić information content (AvgIpc) is 2.82. The minimum Gasteiger partial charge on any atom is -0.487 e. The number of ether oxygens (including phenoxy) is 2. The van der Waals surface area contributed by atoms with Crippen molar-refractivity contribution in [3.8, 4) is 17.6 Å². The van der Waals surface area contributed by atoms with E-state index in [0.717, 1.165) is 11.1 Å². The summed E-state index contributed by atoms with van der Waals surface area (Å²) >= 11 is 6.36. The lowest BCUT2D eigenvalue weighted by atomic mass is 10.2. The van der Waals surface area contributed by atoms with E-state index in [2.05, 4.69) is 17.2 Å². The van der Waals surface area contributed by atoms with E-state index in [0.29, 0.717) is 43.6 Å². The molecule has 0 bridgehead atoms. The first kappa shape index (κ1) is 26.2. The van der Waals surface area contributed by atoms with Crippen LogP contribution in [0.3, 0.4) is 0 Å². The number of nitrogens with zero attached hydrogens (tertiary/aromatic N) is 2. The summed E-state index contributed by atoms with van der Waals surface area (Å²) in [4.78, 5) is 28.1. The van der Waals surface area contributed by atoms with Crippen LogP contribution in [0.1, 0.15) is 38.8 Å². The summed E-state index contributed by atoms with van der Waals surface area (Å²) in [5.74, 6) is 6.67. The Kier molecular flexibility index (Phi) is 8.89. The standard InChI is InChI=1S/C27H32ClN3O4/c1-20(29-25(32)30-14-16-31(17-15-30)26(33)35-27(2,3)4)10-11-21-12-13-24(23(28)18-21)34-19-22-8-6-5-7-9-22/h5-9,12-13,18,20H,14-17,19H2,1-4H3,(H,29,32). The highest BCUT2D eigenvalue weighted by Crippen LogP contribution is 2.26. The van der Waals surface area contributed by atoms with Gasteiger partial charge in [-0.1, -0.05) is 53.8 Å². The van der Waals surface area contributed by atoms with Crippen LogP contribution in [0.15, 0.2) is 48.5 Å². The van der Waals surface area contributed by atoms with Crippen molar-refractivity contribution in [3.05, 3.63) is 64.7 Å². The molecule has 1 aliphatic rings. The number of urea groups is 1. The first-order valence-electron chi connectivity index (χ1n) is 11.6. The molecule has 1 saturated heterocycles. The van der Waals surface area contributed by atoms with E-state index in [1.807, 2.05) is 64.1 Å². The Labute approximate surface area is 212 Å². The predicted molar refractivity (Wildman–Crippen MR) is 136 cm³/mol. The Bertz CT molecular complexity index is 1080. The number of carbonyl (C=O) groups excluding carboxylic acids is 2. The number of nitrogens with one attached hydrogen (secondary N) is 1. The van der Waals surface area contributed by atoms with Crippen LogP contribution in [0.25, 0.3) is 0 Å². The van der Waals surface area contributed by atoms with Crippen molar-refractivity contribution in [2.24, 2.45) is 0 Å². The van der Waals surface area contributed by atoms with Crippen molar-refractivity contribution >= 4 is 23.7 Å². The molecule has 1 unspecified atom stereocenters. The summed E-state index contributed by atoms with van der Waals surface area (Å²) in [7, 11) is 0. The van der Waals surface area contributed by atoms with Gasteiger partial charge in [0, 0.05) is 31.7 Å². The van der Waals surface area contributed by atoms with Gasteiger partial charge >= 0.3 is 12.1 Å². The maximum absolute atomic E-state index is 12.6. The van der Waals surface area contributed by atoms with Gasteiger partial charge in [0.1, 0.15) is 18.0 Å². The van der Waals surface area contributed by atoms with Crippen molar-refractivity contribution in [3.63, 3.8) is 0 Å². The maximum Gasteiger partial charge on any atom is 0.410 e. The van der Waals surface area contributed by atoms with Crippen LogP contribution in [0, 0.1) is 11.8 Å².